The molecule has 0 aliphatic rings. The third-order valence-electron chi connectivity index (χ3n) is 2.53. The maximum Gasteiger partial charge on any atom is 0.261 e. The van der Waals surface area contributed by atoms with Gasteiger partial charge in [0, 0.05) is 15.3 Å². The lowest BCUT2D eigenvalue weighted by Gasteiger charge is -1.97. The first-order valence-electron chi connectivity index (χ1n) is 5.45. The van der Waals surface area contributed by atoms with Gasteiger partial charge >= 0.3 is 0 Å². The quantitative estimate of drug-likeness (QED) is 0.495. The Morgan fingerprint density at radius 3 is 2.63 bits per heavy atom. The Bertz CT molecular complexity index is 669. The van der Waals surface area contributed by atoms with Crippen LogP contribution in [0.2, 0.25) is 5.15 Å². The zero-order chi connectivity index (χ0) is 13.2. The number of pyridine rings is 1. The maximum absolute atomic E-state index is 6.00. The average Bonchev–Trinajstić information content (AvgIpc) is 2.89. The molecule has 19 heavy (non-hydrogen) atoms. The van der Waals surface area contributed by atoms with Crippen LogP contribution in [0.1, 0.15) is 0 Å². The van der Waals surface area contributed by atoms with E-state index in [-0.39, 0.29) is 0 Å². The zero-order valence-corrected chi connectivity index (χ0v) is 12.5. The summed E-state index contributed by atoms with van der Waals surface area (Å²) in [5.74, 6) is 0.910. The molecule has 0 bridgehead atoms. The van der Waals surface area contributed by atoms with E-state index in [1.807, 2.05) is 24.3 Å². The minimum atomic E-state index is 0.348. The fourth-order valence-corrected chi connectivity index (χ4v) is 2.46. The Morgan fingerprint density at radius 2 is 1.84 bits per heavy atom. The molecule has 94 valence electrons. The summed E-state index contributed by atoms with van der Waals surface area (Å²) in [5.41, 5.74) is 1.56. The molecule has 0 aliphatic carbocycles. The van der Waals surface area contributed by atoms with E-state index < -0.39 is 0 Å². The van der Waals surface area contributed by atoms with Crippen molar-refractivity contribution in [3.05, 3.63) is 51.3 Å². The highest BCUT2D eigenvalue weighted by Gasteiger charge is 2.14. The molecule has 0 unspecified atom stereocenters. The monoisotopic (exact) mass is 383 g/mol. The molecule has 0 spiro atoms. The van der Waals surface area contributed by atoms with Crippen molar-refractivity contribution in [3.63, 3.8) is 0 Å². The van der Waals surface area contributed by atoms with Gasteiger partial charge < -0.3 is 4.52 Å². The maximum atomic E-state index is 6.00. The predicted octanol–water partition coefficient (Wildman–Crippen LogP) is 4.06. The van der Waals surface area contributed by atoms with E-state index in [4.69, 9.17) is 16.1 Å². The molecular weight excluding hydrogens is 377 g/mol. The average molecular weight is 384 g/mol. The van der Waals surface area contributed by atoms with E-state index in [1.54, 1.807) is 18.3 Å². The molecule has 0 amide bonds. The Labute approximate surface area is 128 Å². The van der Waals surface area contributed by atoms with Gasteiger partial charge in [-0.2, -0.15) is 4.98 Å². The minimum absolute atomic E-state index is 0.348. The summed E-state index contributed by atoms with van der Waals surface area (Å²) in [6, 6.07) is 11.4. The fraction of sp³-hybridized carbons (Fsp3) is 0. The second-order valence-electron chi connectivity index (χ2n) is 3.74. The highest BCUT2D eigenvalue weighted by molar-refractivity contribution is 14.1. The first kappa shape index (κ1) is 12.6. The van der Waals surface area contributed by atoms with Crippen molar-refractivity contribution in [2.45, 2.75) is 0 Å². The van der Waals surface area contributed by atoms with Crippen LogP contribution in [0.3, 0.4) is 0 Å². The van der Waals surface area contributed by atoms with Gasteiger partial charge in [-0.05, 0) is 46.9 Å². The molecule has 0 saturated carbocycles. The number of halogens is 2. The molecule has 2 aromatic heterocycles. The summed E-state index contributed by atoms with van der Waals surface area (Å²) in [6.07, 6.45) is 1.61. The Morgan fingerprint density at radius 1 is 1.05 bits per heavy atom. The lowest BCUT2D eigenvalue weighted by Crippen LogP contribution is -1.85. The standard InChI is InChI=1S/C13H7ClIN3O/c14-11-9(5-3-7-16-11)13-17-12(18-19-13)8-4-1-2-6-10(8)15/h1-7H. The van der Waals surface area contributed by atoms with Crippen molar-refractivity contribution in [2.75, 3.05) is 0 Å². The van der Waals surface area contributed by atoms with Crippen molar-refractivity contribution in [3.8, 4) is 22.8 Å². The number of aromatic nitrogens is 3. The first-order valence-corrected chi connectivity index (χ1v) is 6.91. The Hall–Kier alpha value is -1.47. The van der Waals surface area contributed by atoms with Gasteiger partial charge in [0.15, 0.2) is 0 Å². The SMILES string of the molecule is Clc1ncccc1-c1nc(-c2ccccc2I)no1. The molecule has 1 aromatic carbocycles. The highest BCUT2D eigenvalue weighted by atomic mass is 127. The van der Waals surface area contributed by atoms with Gasteiger partial charge in [-0.25, -0.2) is 4.98 Å². The number of rotatable bonds is 2. The van der Waals surface area contributed by atoms with Crippen LogP contribution in [0.5, 0.6) is 0 Å². The van der Waals surface area contributed by atoms with E-state index in [0.717, 1.165) is 9.13 Å². The smallest absolute Gasteiger partial charge is 0.261 e. The van der Waals surface area contributed by atoms with Crippen LogP contribution < -0.4 is 0 Å². The molecule has 0 N–H and O–H groups in total. The number of benzene rings is 1. The van der Waals surface area contributed by atoms with Gasteiger partial charge in [-0.1, -0.05) is 28.9 Å². The zero-order valence-electron chi connectivity index (χ0n) is 9.55. The first-order chi connectivity index (χ1) is 9.25. The summed E-state index contributed by atoms with van der Waals surface area (Å²) < 4.78 is 6.31. The van der Waals surface area contributed by atoms with Crippen LogP contribution >= 0.6 is 34.2 Å². The molecule has 4 nitrogen and oxygen atoms in total. The van der Waals surface area contributed by atoms with Gasteiger partial charge in [-0.15, -0.1) is 0 Å². The molecule has 2 heterocycles. The van der Waals surface area contributed by atoms with Crippen molar-refractivity contribution in [1.82, 2.24) is 15.1 Å². The van der Waals surface area contributed by atoms with E-state index in [9.17, 15) is 0 Å². The van der Waals surface area contributed by atoms with Crippen molar-refractivity contribution in [2.24, 2.45) is 0 Å². The molecule has 6 heteroatoms. The Balaban J connectivity index is 2.06. The molecule has 0 radical (unpaired) electrons. The topological polar surface area (TPSA) is 51.8 Å². The number of hydrogen-bond donors (Lipinski definition) is 0. The van der Waals surface area contributed by atoms with Crippen molar-refractivity contribution in [1.29, 1.82) is 0 Å². The van der Waals surface area contributed by atoms with Crippen LogP contribution in [0.4, 0.5) is 0 Å². The van der Waals surface area contributed by atoms with Crippen LogP contribution in [0.15, 0.2) is 47.1 Å². The predicted molar refractivity (Wildman–Crippen MR) is 80.7 cm³/mol. The molecule has 0 saturated heterocycles. The third-order valence-corrected chi connectivity index (χ3v) is 3.77. The third kappa shape index (κ3) is 2.48. The second-order valence-corrected chi connectivity index (χ2v) is 5.26. The lowest BCUT2D eigenvalue weighted by molar-refractivity contribution is 0.432. The normalized spacial score (nSPS) is 10.6. The van der Waals surface area contributed by atoms with Gasteiger partial charge in [0.2, 0.25) is 5.82 Å². The van der Waals surface area contributed by atoms with Crippen LogP contribution in [0.25, 0.3) is 22.8 Å². The van der Waals surface area contributed by atoms with Crippen LogP contribution in [-0.4, -0.2) is 15.1 Å². The van der Waals surface area contributed by atoms with Crippen LogP contribution in [0, 0.1) is 3.57 Å². The Kier molecular flexibility index (Phi) is 3.48. The van der Waals surface area contributed by atoms with Gasteiger partial charge in [0.1, 0.15) is 5.15 Å². The lowest BCUT2D eigenvalue weighted by atomic mass is 10.2. The summed E-state index contributed by atoms with van der Waals surface area (Å²) in [4.78, 5) is 8.36. The fourth-order valence-electron chi connectivity index (χ4n) is 1.63. The molecule has 0 atom stereocenters. The van der Waals surface area contributed by atoms with E-state index in [0.29, 0.717) is 22.4 Å². The van der Waals surface area contributed by atoms with Gasteiger partial charge in [0.05, 0.1) is 5.56 Å². The van der Waals surface area contributed by atoms with E-state index >= 15 is 0 Å². The molecular formula is C13H7ClIN3O. The molecule has 3 aromatic rings. The second kappa shape index (κ2) is 5.26. The summed E-state index contributed by atoms with van der Waals surface area (Å²) >= 11 is 8.24. The van der Waals surface area contributed by atoms with Crippen molar-refractivity contribution >= 4 is 34.2 Å². The number of nitrogens with zero attached hydrogens (tertiary/aromatic N) is 3. The molecule has 3 rings (SSSR count). The van der Waals surface area contributed by atoms with E-state index in [1.165, 1.54) is 0 Å². The molecule has 0 aliphatic heterocycles. The summed E-state index contributed by atoms with van der Waals surface area (Å²) in [6.45, 7) is 0. The summed E-state index contributed by atoms with van der Waals surface area (Å²) in [5, 5.41) is 4.34. The summed E-state index contributed by atoms with van der Waals surface area (Å²) in [7, 11) is 0. The minimum Gasteiger partial charge on any atom is -0.333 e. The largest absolute Gasteiger partial charge is 0.333 e. The number of hydrogen-bond acceptors (Lipinski definition) is 4. The van der Waals surface area contributed by atoms with Crippen LogP contribution in [-0.2, 0) is 0 Å². The molecule has 0 fully saturated rings. The highest BCUT2D eigenvalue weighted by Crippen LogP contribution is 2.28. The van der Waals surface area contributed by atoms with E-state index in [2.05, 4.69) is 37.7 Å². The van der Waals surface area contributed by atoms with Gasteiger partial charge in [-0.3, -0.25) is 0 Å². The van der Waals surface area contributed by atoms with Crippen molar-refractivity contribution < 1.29 is 4.52 Å². The van der Waals surface area contributed by atoms with Gasteiger partial charge in [0.25, 0.3) is 5.89 Å².